The van der Waals surface area contributed by atoms with Crippen LogP contribution in [0.25, 0.3) is 21.5 Å². The second-order valence-electron chi connectivity index (χ2n) is 6.80. The summed E-state index contributed by atoms with van der Waals surface area (Å²) in [6.07, 6.45) is 0.435. The van der Waals surface area contributed by atoms with Crippen LogP contribution in [0.5, 0.6) is 0 Å². The molecule has 0 saturated heterocycles. The van der Waals surface area contributed by atoms with Crippen LogP contribution in [0.1, 0.15) is 21.8 Å². The molecule has 146 valence electrons. The van der Waals surface area contributed by atoms with Crippen molar-refractivity contribution in [3.05, 3.63) is 101 Å². The van der Waals surface area contributed by atoms with E-state index in [1.54, 1.807) is 11.3 Å². The Kier molecular flexibility index (Phi) is 4.83. The van der Waals surface area contributed by atoms with Gasteiger partial charge in [-0.15, -0.1) is 11.3 Å². The molecule has 0 aliphatic carbocycles. The summed E-state index contributed by atoms with van der Waals surface area (Å²) in [7, 11) is 0. The number of amides is 1. The molecule has 5 nitrogen and oxygen atoms in total. The van der Waals surface area contributed by atoms with Crippen LogP contribution in [0.2, 0.25) is 0 Å². The number of fused-ring (bicyclic) bond motifs is 1. The Morgan fingerprint density at radius 1 is 0.933 bits per heavy atom. The van der Waals surface area contributed by atoms with Crippen molar-refractivity contribution in [3.63, 3.8) is 0 Å². The van der Waals surface area contributed by atoms with Crippen LogP contribution in [0.4, 0.5) is 5.69 Å². The van der Waals surface area contributed by atoms with Gasteiger partial charge in [0, 0.05) is 11.3 Å². The summed E-state index contributed by atoms with van der Waals surface area (Å²) in [6.45, 7) is 0. The van der Waals surface area contributed by atoms with Gasteiger partial charge in [0.1, 0.15) is 0 Å². The second-order valence-corrected chi connectivity index (χ2v) is 7.75. The summed E-state index contributed by atoms with van der Waals surface area (Å²) in [6, 6.07) is 25.2. The number of carbonyl (C=O) groups is 1. The van der Waals surface area contributed by atoms with E-state index in [1.165, 1.54) is 0 Å². The van der Waals surface area contributed by atoms with Crippen LogP contribution in [-0.2, 0) is 6.42 Å². The quantitative estimate of drug-likeness (QED) is 0.397. The second kappa shape index (κ2) is 7.93. The smallest absolute Gasteiger partial charge is 0.256 e. The molecule has 1 N–H and O–H groups in total. The monoisotopic (exact) mass is 411 g/mol. The van der Waals surface area contributed by atoms with E-state index in [0.717, 1.165) is 26.9 Å². The van der Waals surface area contributed by atoms with E-state index in [-0.39, 0.29) is 5.91 Å². The Bertz CT molecular complexity index is 1320. The van der Waals surface area contributed by atoms with Crippen molar-refractivity contribution in [3.8, 4) is 10.7 Å². The summed E-state index contributed by atoms with van der Waals surface area (Å²) in [5.74, 6) is 0.937. The van der Waals surface area contributed by atoms with Crippen molar-refractivity contribution in [2.24, 2.45) is 0 Å². The molecule has 0 fully saturated rings. The normalized spacial score (nSPS) is 10.9. The van der Waals surface area contributed by atoms with Crippen molar-refractivity contribution in [2.45, 2.75) is 6.42 Å². The fraction of sp³-hybridized carbons (Fsp3) is 0.0417. The number of hydrogen-bond acceptors (Lipinski definition) is 5. The third kappa shape index (κ3) is 3.60. The van der Waals surface area contributed by atoms with Crippen molar-refractivity contribution in [2.75, 3.05) is 5.32 Å². The third-order valence-corrected chi connectivity index (χ3v) is 5.72. The molecule has 5 rings (SSSR count). The molecule has 1 amide bonds. The molecule has 0 spiro atoms. The van der Waals surface area contributed by atoms with Gasteiger partial charge in [-0.05, 0) is 39.9 Å². The van der Waals surface area contributed by atoms with Crippen LogP contribution in [0.3, 0.4) is 0 Å². The largest absolute Gasteiger partial charge is 0.339 e. The van der Waals surface area contributed by atoms with E-state index >= 15 is 0 Å². The topological polar surface area (TPSA) is 68.0 Å². The van der Waals surface area contributed by atoms with Gasteiger partial charge in [0.05, 0.1) is 11.3 Å². The van der Waals surface area contributed by atoms with E-state index in [9.17, 15) is 4.79 Å². The maximum Gasteiger partial charge on any atom is 0.256 e. The minimum absolute atomic E-state index is 0.149. The number of anilines is 1. The van der Waals surface area contributed by atoms with Gasteiger partial charge in [0.25, 0.3) is 5.91 Å². The predicted octanol–water partition coefficient (Wildman–Crippen LogP) is 5.79. The SMILES string of the molecule is O=C(Nc1ccccc1Cc1nc(-c2cccs2)no1)c1cccc2ccccc12. The van der Waals surface area contributed by atoms with Crippen molar-refractivity contribution in [1.82, 2.24) is 10.1 Å². The van der Waals surface area contributed by atoms with Crippen LogP contribution in [-0.4, -0.2) is 16.0 Å². The van der Waals surface area contributed by atoms with E-state index in [4.69, 9.17) is 4.52 Å². The fourth-order valence-electron chi connectivity index (χ4n) is 3.40. The van der Waals surface area contributed by atoms with Gasteiger partial charge in [-0.1, -0.05) is 65.8 Å². The Labute approximate surface area is 177 Å². The summed E-state index contributed by atoms with van der Waals surface area (Å²) in [5.41, 5.74) is 2.28. The molecule has 0 saturated carbocycles. The number of hydrogen-bond donors (Lipinski definition) is 1. The first-order valence-corrected chi connectivity index (χ1v) is 10.4. The molecule has 0 atom stereocenters. The molecule has 0 radical (unpaired) electrons. The van der Waals surface area contributed by atoms with Crippen LogP contribution in [0.15, 0.2) is 88.8 Å². The third-order valence-electron chi connectivity index (χ3n) is 4.85. The number of thiophene rings is 1. The number of benzene rings is 3. The molecule has 5 aromatic rings. The molecule has 0 aliphatic rings. The lowest BCUT2D eigenvalue weighted by molar-refractivity contribution is 0.102. The van der Waals surface area contributed by atoms with Gasteiger partial charge in [-0.25, -0.2) is 0 Å². The van der Waals surface area contributed by atoms with E-state index in [1.807, 2.05) is 84.2 Å². The zero-order chi connectivity index (χ0) is 20.3. The highest BCUT2D eigenvalue weighted by Crippen LogP contribution is 2.25. The number of carbonyl (C=O) groups excluding carboxylic acids is 1. The maximum absolute atomic E-state index is 13.0. The lowest BCUT2D eigenvalue weighted by Crippen LogP contribution is -2.14. The first kappa shape index (κ1) is 18.3. The van der Waals surface area contributed by atoms with Crippen LogP contribution < -0.4 is 5.32 Å². The first-order valence-electron chi connectivity index (χ1n) is 9.51. The highest BCUT2D eigenvalue weighted by molar-refractivity contribution is 7.13. The number of para-hydroxylation sites is 1. The highest BCUT2D eigenvalue weighted by Gasteiger charge is 2.15. The number of aromatic nitrogens is 2. The Morgan fingerprint density at radius 2 is 1.77 bits per heavy atom. The molecule has 30 heavy (non-hydrogen) atoms. The minimum Gasteiger partial charge on any atom is -0.339 e. The van der Waals surface area contributed by atoms with Crippen molar-refractivity contribution in [1.29, 1.82) is 0 Å². The summed E-state index contributed by atoms with van der Waals surface area (Å²) < 4.78 is 5.43. The zero-order valence-electron chi connectivity index (χ0n) is 15.9. The van der Waals surface area contributed by atoms with E-state index in [0.29, 0.717) is 23.7 Å². The van der Waals surface area contributed by atoms with Crippen LogP contribution >= 0.6 is 11.3 Å². The molecule has 3 aromatic carbocycles. The van der Waals surface area contributed by atoms with E-state index < -0.39 is 0 Å². The molecule has 2 heterocycles. The molecule has 0 bridgehead atoms. The summed E-state index contributed by atoms with van der Waals surface area (Å²) >= 11 is 1.56. The Morgan fingerprint density at radius 3 is 2.67 bits per heavy atom. The lowest BCUT2D eigenvalue weighted by Gasteiger charge is -2.11. The standard InChI is InChI=1S/C24H17N3O2S/c28-24(19-11-5-9-16-7-1-3-10-18(16)19)25-20-12-4-2-8-17(20)15-22-26-23(27-29-22)21-13-6-14-30-21/h1-14H,15H2,(H,25,28). The molecule has 6 heteroatoms. The van der Waals surface area contributed by atoms with Gasteiger partial charge in [0.15, 0.2) is 0 Å². The Hall–Kier alpha value is -3.77. The van der Waals surface area contributed by atoms with Crippen LogP contribution in [0, 0.1) is 0 Å². The first-order chi connectivity index (χ1) is 14.8. The van der Waals surface area contributed by atoms with Gasteiger partial charge >= 0.3 is 0 Å². The number of nitrogens with one attached hydrogen (secondary N) is 1. The van der Waals surface area contributed by atoms with Gasteiger partial charge in [0.2, 0.25) is 11.7 Å². The maximum atomic E-state index is 13.0. The van der Waals surface area contributed by atoms with E-state index in [2.05, 4.69) is 15.5 Å². The van der Waals surface area contributed by atoms with Gasteiger partial charge < -0.3 is 9.84 Å². The van der Waals surface area contributed by atoms with Gasteiger partial charge in [-0.3, -0.25) is 4.79 Å². The predicted molar refractivity (Wildman–Crippen MR) is 119 cm³/mol. The zero-order valence-corrected chi connectivity index (χ0v) is 16.7. The van der Waals surface area contributed by atoms with Crippen molar-refractivity contribution >= 4 is 33.7 Å². The average Bonchev–Trinajstić information content (AvgIpc) is 3.47. The van der Waals surface area contributed by atoms with Crippen molar-refractivity contribution < 1.29 is 9.32 Å². The molecular weight excluding hydrogens is 394 g/mol. The lowest BCUT2D eigenvalue weighted by atomic mass is 10.0. The summed E-state index contributed by atoms with van der Waals surface area (Å²) in [5, 5.41) is 11.0. The summed E-state index contributed by atoms with van der Waals surface area (Å²) in [4.78, 5) is 18.5. The number of nitrogens with zero attached hydrogens (tertiary/aromatic N) is 2. The molecule has 0 unspecified atom stereocenters. The fourth-order valence-corrected chi connectivity index (χ4v) is 4.05. The molecular formula is C24H17N3O2S. The molecule has 0 aliphatic heterocycles. The average molecular weight is 411 g/mol. The highest BCUT2D eigenvalue weighted by atomic mass is 32.1. The minimum atomic E-state index is -0.149. The Balaban J connectivity index is 1.40. The van der Waals surface area contributed by atoms with Gasteiger partial charge in [-0.2, -0.15) is 4.98 Å². The molecule has 2 aromatic heterocycles. The number of rotatable bonds is 5.